The maximum absolute atomic E-state index is 4.43. The van der Waals surface area contributed by atoms with E-state index < -0.39 is 0 Å². The van der Waals surface area contributed by atoms with Gasteiger partial charge in [-0.1, -0.05) is 30.3 Å². The number of hydrogen-bond acceptors (Lipinski definition) is 2. The molecule has 0 spiro atoms. The Morgan fingerprint density at radius 2 is 1.95 bits per heavy atom. The van der Waals surface area contributed by atoms with Crippen molar-refractivity contribution in [3.05, 3.63) is 42.7 Å². The molecule has 0 unspecified atom stereocenters. The molecule has 3 heteroatoms. The molecule has 2 aromatic rings. The van der Waals surface area contributed by atoms with Crippen LogP contribution in [0.25, 0.3) is 11.1 Å². The van der Waals surface area contributed by atoms with Gasteiger partial charge in [0.05, 0.1) is 6.20 Å². The zero-order chi connectivity index (χ0) is 12.9. The van der Waals surface area contributed by atoms with Gasteiger partial charge in [0.1, 0.15) is 0 Å². The summed E-state index contributed by atoms with van der Waals surface area (Å²) in [5.41, 5.74) is 2.45. The molecule has 1 aromatic carbocycles. The molecule has 100 valence electrons. The monoisotopic (exact) mass is 255 g/mol. The molecule has 1 saturated carbocycles. The van der Waals surface area contributed by atoms with Crippen molar-refractivity contribution < 1.29 is 0 Å². The molecule has 1 heterocycles. The van der Waals surface area contributed by atoms with Crippen LogP contribution in [0.15, 0.2) is 42.7 Å². The van der Waals surface area contributed by atoms with Crippen LogP contribution in [0, 0.1) is 0 Å². The molecule has 1 N–H and O–H groups in total. The summed E-state index contributed by atoms with van der Waals surface area (Å²) in [5.74, 6) is 0. The summed E-state index contributed by atoms with van der Waals surface area (Å²) in [6.45, 7) is 2.16. The molecular weight excluding hydrogens is 234 g/mol. The quantitative estimate of drug-likeness (QED) is 0.771. The SMILES string of the molecule is c1ccc(-c2cnn(CCCCNC3CC3)c2)cc1. The van der Waals surface area contributed by atoms with Gasteiger partial charge in [-0.25, -0.2) is 0 Å². The van der Waals surface area contributed by atoms with Crippen LogP contribution in [0.1, 0.15) is 25.7 Å². The third-order valence-corrected chi connectivity index (χ3v) is 3.56. The Bertz CT molecular complexity index is 500. The van der Waals surface area contributed by atoms with E-state index in [-0.39, 0.29) is 0 Å². The zero-order valence-electron chi connectivity index (χ0n) is 11.3. The van der Waals surface area contributed by atoms with Crippen molar-refractivity contribution in [1.82, 2.24) is 15.1 Å². The molecule has 19 heavy (non-hydrogen) atoms. The van der Waals surface area contributed by atoms with Crippen LogP contribution >= 0.6 is 0 Å². The van der Waals surface area contributed by atoms with Gasteiger partial charge in [0, 0.05) is 24.3 Å². The summed E-state index contributed by atoms with van der Waals surface area (Å²) in [6, 6.07) is 11.3. The van der Waals surface area contributed by atoms with Crippen LogP contribution in [-0.2, 0) is 6.54 Å². The lowest BCUT2D eigenvalue weighted by Crippen LogP contribution is -2.17. The fraction of sp³-hybridized carbons (Fsp3) is 0.438. The van der Waals surface area contributed by atoms with Gasteiger partial charge in [-0.15, -0.1) is 0 Å². The minimum absolute atomic E-state index is 0.828. The van der Waals surface area contributed by atoms with E-state index in [4.69, 9.17) is 0 Å². The molecule has 0 bridgehead atoms. The van der Waals surface area contributed by atoms with Crippen LogP contribution in [-0.4, -0.2) is 22.4 Å². The van der Waals surface area contributed by atoms with E-state index >= 15 is 0 Å². The van der Waals surface area contributed by atoms with E-state index in [0.717, 1.165) is 19.1 Å². The number of nitrogens with one attached hydrogen (secondary N) is 1. The van der Waals surface area contributed by atoms with Gasteiger partial charge < -0.3 is 5.32 Å². The number of aromatic nitrogens is 2. The number of unbranched alkanes of at least 4 members (excludes halogenated alkanes) is 1. The molecule has 0 atom stereocenters. The summed E-state index contributed by atoms with van der Waals surface area (Å²) in [7, 11) is 0. The average molecular weight is 255 g/mol. The van der Waals surface area contributed by atoms with E-state index in [2.05, 4.69) is 45.6 Å². The summed E-state index contributed by atoms with van der Waals surface area (Å²) >= 11 is 0. The highest BCUT2D eigenvalue weighted by atomic mass is 15.3. The Balaban J connectivity index is 1.45. The summed E-state index contributed by atoms with van der Waals surface area (Å²) < 4.78 is 2.06. The normalized spacial score (nSPS) is 14.7. The first-order chi connectivity index (χ1) is 9.42. The van der Waals surface area contributed by atoms with Crippen molar-refractivity contribution in [3.63, 3.8) is 0 Å². The first-order valence-corrected chi connectivity index (χ1v) is 7.23. The molecule has 1 fully saturated rings. The van der Waals surface area contributed by atoms with Gasteiger partial charge in [-0.2, -0.15) is 5.10 Å². The first-order valence-electron chi connectivity index (χ1n) is 7.23. The molecule has 0 saturated heterocycles. The highest BCUT2D eigenvalue weighted by Crippen LogP contribution is 2.19. The van der Waals surface area contributed by atoms with Crippen LogP contribution in [0.5, 0.6) is 0 Å². The van der Waals surface area contributed by atoms with Crippen molar-refractivity contribution >= 4 is 0 Å². The van der Waals surface area contributed by atoms with Crippen molar-refractivity contribution in [2.45, 2.75) is 38.3 Å². The third-order valence-electron chi connectivity index (χ3n) is 3.56. The van der Waals surface area contributed by atoms with Gasteiger partial charge in [0.15, 0.2) is 0 Å². The second kappa shape index (κ2) is 6.02. The van der Waals surface area contributed by atoms with Gasteiger partial charge in [-0.3, -0.25) is 4.68 Å². The van der Waals surface area contributed by atoms with Crippen LogP contribution < -0.4 is 5.32 Å². The summed E-state index contributed by atoms with van der Waals surface area (Å²) in [6.07, 6.45) is 9.27. The minimum Gasteiger partial charge on any atom is -0.314 e. The van der Waals surface area contributed by atoms with Crippen molar-refractivity contribution in [3.8, 4) is 11.1 Å². The topological polar surface area (TPSA) is 29.9 Å². The lowest BCUT2D eigenvalue weighted by molar-refractivity contribution is 0.534. The molecule has 3 nitrogen and oxygen atoms in total. The third kappa shape index (κ3) is 3.67. The van der Waals surface area contributed by atoms with E-state index in [1.54, 1.807) is 0 Å². The smallest absolute Gasteiger partial charge is 0.0568 e. The Morgan fingerprint density at radius 3 is 2.74 bits per heavy atom. The highest BCUT2D eigenvalue weighted by Gasteiger charge is 2.19. The first kappa shape index (κ1) is 12.4. The van der Waals surface area contributed by atoms with Crippen LogP contribution in [0.2, 0.25) is 0 Å². The molecule has 0 radical (unpaired) electrons. The van der Waals surface area contributed by atoms with Crippen LogP contribution in [0.3, 0.4) is 0 Å². The van der Waals surface area contributed by atoms with Crippen molar-refractivity contribution in [1.29, 1.82) is 0 Å². The Morgan fingerprint density at radius 1 is 1.11 bits per heavy atom. The predicted molar refractivity (Wildman–Crippen MR) is 77.9 cm³/mol. The van der Waals surface area contributed by atoms with Crippen molar-refractivity contribution in [2.24, 2.45) is 0 Å². The average Bonchev–Trinajstić information content (AvgIpc) is 3.16. The number of hydrogen-bond donors (Lipinski definition) is 1. The molecular formula is C16H21N3. The number of aryl methyl sites for hydroxylation is 1. The lowest BCUT2D eigenvalue weighted by atomic mass is 10.1. The van der Waals surface area contributed by atoms with Crippen LogP contribution in [0.4, 0.5) is 0 Å². The van der Waals surface area contributed by atoms with E-state index in [1.807, 2.05) is 12.3 Å². The lowest BCUT2D eigenvalue weighted by Gasteiger charge is -2.03. The fourth-order valence-electron chi connectivity index (χ4n) is 2.26. The van der Waals surface area contributed by atoms with Gasteiger partial charge in [-0.05, 0) is 37.8 Å². The molecule has 3 rings (SSSR count). The van der Waals surface area contributed by atoms with E-state index in [9.17, 15) is 0 Å². The number of nitrogens with zero attached hydrogens (tertiary/aromatic N) is 2. The molecule has 1 aromatic heterocycles. The predicted octanol–water partition coefficient (Wildman–Crippen LogP) is 3.08. The maximum Gasteiger partial charge on any atom is 0.0568 e. The largest absolute Gasteiger partial charge is 0.314 e. The standard InChI is InChI=1S/C16H21N3/c1-2-6-14(7-3-1)15-12-18-19(13-15)11-5-4-10-17-16-8-9-16/h1-3,6-7,12-13,16-17H,4-5,8-11H2. The van der Waals surface area contributed by atoms with Gasteiger partial charge in [0.2, 0.25) is 0 Å². The Hall–Kier alpha value is -1.61. The second-order valence-electron chi connectivity index (χ2n) is 5.29. The zero-order valence-corrected chi connectivity index (χ0v) is 11.3. The molecule has 1 aliphatic carbocycles. The summed E-state index contributed by atoms with van der Waals surface area (Å²) in [5, 5.41) is 7.98. The molecule has 0 amide bonds. The maximum atomic E-state index is 4.43. The summed E-state index contributed by atoms with van der Waals surface area (Å²) in [4.78, 5) is 0. The molecule has 1 aliphatic rings. The van der Waals surface area contributed by atoms with E-state index in [1.165, 1.54) is 36.8 Å². The Kier molecular flexibility index (Phi) is 3.94. The highest BCUT2D eigenvalue weighted by molar-refractivity contribution is 5.61. The van der Waals surface area contributed by atoms with E-state index in [0.29, 0.717) is 0 Å². The Labute approximate surface area is 114 Å². The van der Waals surface area contributed by atoms with Gasteiger partial charge in [0.25, 0.3) is 0 Å². The minimum atomic E-state index is 0.828. The van der Waals surface area contributed by atoms with Gasteiger partial charge >= 0.3 is 0 Å². The number of rotatable bonds is 7. The van der Waals surface area contributed by atoms with Crippen molar-refractivity contribution in [2.75, 3.05) is 6.54 Å². The number of benzene rings is 1. The second-order valence-corrected chi connectivity index (χ2v) is 5.29. The molecule has 0 aliphatic heterocycles. The fourth-order valence-corrected chi connectivity index (χ4v) is 2.26.